The Morgan fingerprint density at radius 2 is 1.36 bits per heavy atom. The first-order valence-corrected chi connectivity index (χ1v) is 17.2. The summed E-state index contributed by atoms with van der Waals surface area (Å²) in [5, 5.41) is 0. The number of piperidine rings is 1. The summed E-state index contributed by atoms with van der Waals surface area (Å²) in [4.78, 5) is 27.0. The minimum atomic E-state index is -0.657. The second-order valence-electron chi connectivity index (χ2n) is 12.7. The molecule has 1 aliphatic heterocycles. The van der Waals surface area contributed by atoms with Gasteiger partial charge in [0.2, 0.25) is 0 Å². The molecule has 0 aromatic carbocycles. The van der Waals surface area contributed by atoms with Gasteiger partial charge >= 0.3 is 12.1 Å². The highest BCUT2D eigenvalue weighted by atomic mass is 16.7. The summed E-state index contributed by atoms with van der Waals surface area (Å²) < 4.78 is 28.2. The third-order valence-corrected chi connectivity index (χ3v) is 8.05. The summed E-state index contributed by atoms with van der Waals surface area (Å²) in [5.41, 5.74) is -0.0387. The smallest absolute Gasteiger partial charge is 0.465 e. The molecule has 0 aromatic heterocycles. The van der Waals surface area contributed by atoms with Gasteiger partial charge in [-0.15, -0.1) is 0 Å². The molecular formula is C34H65NO7. The van der Waals surface area contributed by atoms with E-state index in [1.165, 1.54) is 51.4 Å². The topological polar surface area (TPSA) is 83.5 Å². The zero-order valence-corrected chi connectivity index (χ0v) is 27.9. The zero-order valence-electron chi connectivity index (χ0n) is 27.9. The van der Waals surface area contributed by atoms with Gasteiger partial charge in [-0.1, -0.05) is 98.8 Å². The van der Waals surface area contributed by atoms with E-state index in [9.17, 15) is 9.59 Å². The van der Waals surface area contributed by atoms with Gasteiger partial charge in [0.05, 0.1) is 13.0 Å². The predicted molar refractivity (Wildman–Crippen MR) is 169 cm³/mol. The molecule has 0 radical (unpaired) electrons. The van der Waals surface area contributed by atoms with Gasteiger partial charge in [-0.2, -0.15) is 0 Å². The molecule has 0 amide bonds. The van der Waals surface area contributed by atoms with E-state index in [0.29, 0.717) is 26.2 Å². The van der Waals surface area contributed by atoms with Crippen LogP contribution in [0.3, 0.4) is 0 Å². The molecule has 0 saturated carbocycles. The summed E-state index contributed by atoms with van der Waals surface area (Å²) in [6.07, 6.45) is 16.3. The summed E-state index contributed by atoms with van der Waals surface area (Å²) in [6.45, 7) is 15.7. The van der Waals surface area contributed by atoms with E-state index < -0.39 is 6.16 Å². The van der Waals surface area contributed by atoms with Crippen molar-refractivity contribution in [3.05, 3.63) is 0 Å². The van der Waals surface area contributed by atoms with Gasteiger partial charge in [-0.3, -0.25) is 4.79 Å². The van der Waals surface area contributed by atoms with E-state index in [0.717, 1.165) is 58.2 Å². The Hall–Kier alpha value is -1.38. The molecule has 0 spiro atoms. The van der Waals surface area contributed by atoms with Crippen LogP contribution in [0, 0.1) is 11.3 Å². The number of carbonyl (C=O) groups excluding carboxylic acids is 2. The normalized spacial score (nSPS) is 18.2. The van der Waals surface area contributed by atoms with E-state index in [4.69, 9.17) is 23.7 Å². The Bertz CT molecular complexity index is 658. The lowest BCUT2D eigenvalue weighted by molar-refractivity contribution is -0.160. The highest BCUT2D eigenvalue weighted by Crippen LogP contribution is 2.29. The molecule has 1 rings (SSSR count). The van der Waals surface area contributed by atoms with Crippen molar-refractivity contribution in [2.24, 2.45) is 11.3 Å². The fraction of sp³-hybridized carbons (Fsp3) is 0.941. The quantitative estimate of drug-likeness (QED) is 0.0558. The molecule has 1 fully saturated rings. The fourth-order valence-electron chi connectivity index (χ4n) is 5.30. The SMILES string of the molecule is CCCCCCCCOC(CCC(=O)OCC(C)COC(=O)OCC1(C)CCCN(CC)C1)OCCCCCCCC. The van der Waals surface area contributed by atoms with Crippen LogP contribution in [0.15, 0.2) is 0 Å². The average Bonchev–Trinajstić information content (AvgIpc) is 2.99. The molecule has 0 N–H and O–H groups in total. The van der Waals surface area contributed by atoms with E-state index >= 15 is 0 Å². The van der Waals surface area contributed by atoms with Crippen molar-refractivity contribution >= 4 is 12.1 Å². The Kier molecular flexibility index (Phi) is 23.0. The first-order chi connectivity index (χ1) is 20.3. The molecule has 248 valence electrons. The maximum atomic E-state index is 12.4. The first kappa shape index (κ1) is 38.6. The lowest BCUT2D eigenvalue weighted by Crippen LogP contribution is -2.44. The molecule has 2 unspecified atom stereocenters. The molecule has 0 aromatic rings. The van der Waals surface area contributed by atoms with Crippen LogP contribution in [0.1, 0.15) is 137 Å². The zero-order chi connectivity index (χ0) is 30.9. The van der Waals surface area contributed by atoms with Gasteiger partial charge in [-0.25, -0.2) is 4.79 Å². The third kappa shape index (κ3) is 20.5. The minimum absolute atomic E-state index is 0.0387. The first-order valence-electron chi connectivity index (χ1n) is 17.2. The molecule has 1 heterocycles. The van der Waals surface area contributed by atoms with Crippen LogP contribution in [0.4, 0.5) is 4.79 Å². The summed E-state index contributed by atoms with van der Waals surface area (Å²) in [5.74, 6) is -0.405. The number of nitrogens with zero attached hydrogens (tertiary/aromatic N) is 1. The van der Waals surface area contributed by atoms with Crippen LogP contribution in [0.2, 0.25) is 0 Å². The average molecular weight is 600 g/mol. The summed E-state index contributed by atoms with van der Waals surface area (Å²) in [6, 6.07) is 0. The van der Waals surface area contributed by atoms with Crippen LogP contribution in [-0.2, 0) is 28.5 Å². The van der Waals surface area contributed by atoms with Crippen molar-refractivity contribution in [1.29, 1.82) is 0 Å². The van der Waals surface area contributed by atoms with E-state index in [-0.39, 0.29) is 43.2 Å². The second-order valence-corrected chi connectivity index (χ2v) is 12.7. The van der Waals surface area contributed by atoms with E-state index in [1.54, 1.807) is 0 Å². The Morgan fingerprint density at radius 3 is 1.95 bits per heavy atom. The molecule has 0 aliphatic carbocycles. The number of likely N-dealkylation sites (tertiary alicyclic amines) is 1. The maximum Gasteiger partial charge on any atom is 0.508 e. The van der Waals surface area contributed by atoms with Crippen molar-refractivity contribution in [1.82, 2.24) is 4.90 Å². The van der Waals surface area contributed by atoms with Gasteiger partial charge < -0.3 is 28.6 Å². The standard InChI is InChI=1S/C34H65NO7/c1-6-9-11-13-15-17-24-38-32(39-25-18-16-14-12-10-7-2)21-20-31(36)40-26-30(4)27-41-33(37)42-29-34(5)22-19-23-35(8-3)28-34/h30,32H,6-29H2,1-5H3. The van der Waals surface area contributed by atoms with E-state index in [2.05, 4.69) is 32.6 Å². The molecule has 8 heteroatoms. The monoisotopic (exact) mass is 599 g/mol. The number of carbonyl (C=O) groups is 2. The molecule has 8 nitrogen and oxygen atoms in total. The maximum absolute atomic E-state index is 12.4. The Balaban J connectivity index is 2.27. The molecule has 42 heavy (non-hydrogen) atoms. The highest BCUT2D eigenvalue weighted by Gasteiger charge is 2.32. The van der Waals surface area contributed by atoms with Gasteiger partial charge in [0.1, 0.15) is 13.2 Å². The van der Waals surface area contributed by atoms with E-state index in [1.807, 2.05) is 6.92 Å². The van der Waals surface area contributed by atoms with Crippen molar-refractivity contribution in [2.75, 3.05) is 52.7 Å². The molecular weight excluding hydrogens is 534 g/mol. The Morgan fingerprint density at radius 1 is 0.786 bits per heavy atom. The largest absolute Gasteiger partial charge is 0.508 e. The van der Waals surface area contributed by atoms with Crippen molar-refractivity contribution in [3.63, 3.8) is 0 Å². The number of hydrogen-bond donors (Lipinski definition) is 0. The van der Waals surface area contributed by atoms with Crippen LogP contribution in [-0.4, -0.2) is 76.0 Å². The van der Waals surface area contributed by atoms with Crippen LogP contribution < -0.4 is 0 Å². The van der Waals surface area contributed by atoms with Gasteiger partial charge in [0.15, 0.2) is 6.29 Å². The predicted octanol–water partition coefficient (Wildman–Crippen LogP) is 8.30. The lowest BCUT2D eigenvalue weighted by Gasteiger charge is -2.39. The molecule has 1 saturated heterocycles. The molecule has 0 bridgehead atoms. The van der Waals surface area contributed by atoms with Crippen LogP contribution in [0.25, 0.3) is 0 Å². The number of esters is 1. The number of hydrogen-bond acceptors (Lipinski definition) is 8. The van der Waals surface area contributed by atoms with Gasteiger partial charge in [-0.05, 0) is 38.8 Å². The van der Waals surface area contributed by atoms with Crippen molar-refractivity contribution in [3.8, 4) is 0 Å². The summed E-state index contributed by atoms with van der Waals surface area (Å²) in [7, 11) is 0. The lowest BCUT2D eigenvalue weighted by atomic mass is 9.83. The van der Waals surface area contributed by atoms with Crippen molar-refractivity contribution < 1.29 is 33.3 Å². The van der Waals surface area contributed by atoms with Crippen LogP contribution in [0.5, 0.6) is 0 Å². The highest BCUT2D eigenvalue weighted by molar-refractivity contribution is 5.69. The van der Waals surface area contributed by atoms with Crippen LogP contribution >= 0.6 is 0 Å². The number of rotatable bonds is 26. The third-order valence-electron chi connectivity index (χ3n) is 8.05. The van der Waals surface area contributed by atoms with Gasteiger partial charge in [0, 0.05) is 37.5 Å². The molecule has 1 aliphatic rings. The number of ether oxygens (including phenoxy) is 5. The van der Waals surface area contributed by atoms with Gasteiger partial charge in [0.25, 0.3) is 0 Å². The number of unbranched alkanes of at least 4 members (excludes halogenated alkanes) is 10. The summed E-state index contributed by atoms with van der Waals surface area (Å²) >= 11 is 0. The molecule has 2 atom stereocenters. The van der Waals surface area contributed by atoms with Crippen molar-refractivity contribution in [2.45, 2.75) is 144 Å². The fourth-order valence-corrected chi connectivity index (χ4v) is 5.30. The Labute approximate surface area is 257 Å². The minimum Gasteiger partial charge on any atom is -0.465 e. The second kappa shape index (κ2) is 25.0.